The summed E-state index contributed by atoms with van der Waals surface area (Å²) in [6.07, 6.45) is 0.952. The minimum atomic E-state index is -4.02. The lowest BCUT2D eigenvalue weighted by Gasteiger charge is -2.31. The summed E-state index contributed by atoms with van der Waals surface area (Å²) in [5.41, 5.74) is 14.1. The van der Waals surface area contributed by atoms with Crippen molar-refractivity contribution in [2.24, 2.45) is 28.3 Å². The highest BCUT2D eigenvalue weighted by atomic mass is 32.2. The molecule has 3 aliphatic heterocycles. The molecular formula is C66H106N13O19P3S3. The van der Waals surface area contributed by atoms with Gasteiger partial charge in [0, 0.05) is 138 Å². The third-order valence-corrected chi connectivity index (χ3v) is 25.3. The number of aliphatic hydroxyl groups is 2. The van der Waals surface area contributed by atoms with Crippen molar-refractivity contribution in [3.63, 3.8) is 0 Å². The van der Waals surface area contributed by atoms with Crippen LogP contribution in [-0.2, 0) is 80.5 Å². The van der Waals surface area contributed by atoms with Crippen molar-refractivity contribution in [1.29, 1.82) is 0 Å². The third-order valence-electron chi connectivity index (χ3n) is 17.7. The number of nitrogens with zero attached hydrogens (tertiary/aromatic N) is 6. The first-order chi connectivity index (χ1) is 49.3. The molecule has 582 valence electrons. The fourth-order valence-electron chi connectivity index (χ4n) is 11.8. The number of benzene rings is 2. The van der Waals surface area contributed by atoms with Crippen LogP contribution in [0.25, 0.3) is 0 Å². The monoisotopic (exact) mass is 1570 g/mol. The Morgan fingerprint density at radius 3 is 1.68 bits per heavy atom. The number of hydrogen-bond donors (Lipinski definition) is 13. The highest BCUT2D eigenvalue weighted by Gasteiger charge is 2.43. The highest BCUT2D eigenvalue weighted by Crippen LogP contribution is 2.43. The SMILES string of the molecule is CCCCNC(=O)/N=C/C(CSCc1cc(CSCCNC(=O)CCP(=O)(O)CN2CCN(CP(=O)(O)CO)CCN(CP(=O)(O)CO)CC2)cc(CSCC(NC(=O)[C@H](Cc2ccccc2)NC(=O)[C@H](CCC(N)=O)NC(=O)[C@@H](C)CC)C(=O)O)c1)C(=O)N1CCC[C@H]1C(=O)N1CCC[C@H]1C(N)=O. The normalized spacial score (nSPS) is 19.5. The lowest BCUT2D eigenvalue weighted by atomic mass is 10.0. The van der Waals surface area contributed by atoms with E-state index in [9.17, 15) is 91.6 Å². The van der Waals surface area contributed by atoms with Crippen molar-refractivity contribution in [3.05, 3.63) is 70.8 Å². The number of thioether (sulfide) groups is 3. The first-order valence-electron chi connectivity index (χ1n) is 35.0. The van der Waals surface area contributed by atoms with Crippen LogP contribution < -0.4 is 38.1 Å². The van der Waals surface area contributed by atoms with Gasteiger partial charge in [0.1, 0.15) is 42.9 Å². The average Bonchev–Trinajstić information content (AvgIpc) is 1.64. The van der Waals surface area contributed by atoms with Crippen molar-refractivity contribution < 1.29 is 91.6 Å². The van der Waals surface area contributed by atoms with Gasteiger partial charge < -0.3 is 77.9 Å². The molecule has 5 unspecified atom stereocenters. The average molecular weight is 1570 g/mol. The Balaban J connectivity index is 1.32. The van der Waals surface area contributed by atoms with Crippen LogP contribution in [0.1, 0.15) is 107 Å². The molecule has 0 saturated carbocycles. The number of nitrogens with two attached hydrogens (primary N) is 2. The van der Waals surface area contributed by atoms with Crippen molar-refractivity contribution in [2.75, 3.05) is 120 Å². The number of amides is 10. The van der Waals surface area contributed by atoms with E-state index in [4.69, 9.17) is 11.5 Å². The number of aliphatic carboxylic acids is 1. The van der Waals surface area contributed by atoms with Gasteiger partial charge in [-0.05, 0) is 67.2 Å². The maximum absolute atomic E-state index is 14.6. The Labute approximate surface area is 620 Å². The van der Waals surface area contributed by atoms with Gasteiger partial charge in [-0.3, -0.25) is 66.8 Å². The standard InChI is InChI=1S/C66H106N13O19P3S3/c1-4-6-19-70-66(92)71-35-51(63(88)79-22-11-15-56(79)64(89)78-21-10-14-55(78)59(68)84)39-103-37-49-31-48(36-102-30-20-69-58(83)18-29-99(93,94)41-75-23-25-76(42-100(95,96)44-80)27-28-77(26-24-75)43-101(97,98)45-81)32-50(33-49)38-104-40-54(65(90)91)74-62(87)53(34-47-12-8-7-9-13-47)73-61(86)52(16-17-57(67)82)72-60(85)46(3)5-2/h7-9,12-13,31-33,35,46,51-56,80-81H,4-6,10-11,14-30,34,36-45H2,1-3H3,(H2,67,82)(H2,68,84)(H,69,83)(H,70,92)(H,72,85)(H,73,86)(H,74,87)(H,90,91)(H,93,94)(H,95,96)(H,97,98)/b71-35+/t46-,51?,52-,53-,54?,55-,56-/m0/s1. The third kappa shape index (κ3) is 32.0. The Morgan fingerprint density at radius 1 is 0.625 bits per heavy atom. The number of carbonyl (C=O) groups is 10. The maximum Gasteiger partial charge on any atom is 0.340 e. The van der Waals surface area contributed by atoms with Crippen LogP contribution in [0.5, 0.6) is 0 Å². The first-order valence-corrected chi connectivity index (χ1v) is 44.5. The van der Waals surface area contributed by atoms with E-state index in [0.717, 1.165) is 23.1 Å². The largest absolute Gasteiger partial charge is 0.480 e. The van der Waals surface area contributed by atoms with Crippen LogP contribution in [0, 0.1) is 11.8 Å². The lowest BCUT2D eigenvalue weighted by Crippen LogP contribution is -2.57. The van der Waals surface area contributed by atoms with E-state index in [1.807, 2.05) is 25.1 Å². The number of rotatable bonds is 44. The summed E-state index contributed by atoms with van der Waals surface area (Å²) in [7, 11) is -12.0. The number of nitrogens with one attached hydrogen (secondary N) is 5. The number of urea groups is 1. The van der Waals surface area contributed by atoms with Gasteiger partial charge in [-0.2, -0.15) is 35.3 Å². The second-order valence-corrected chi connectivity index (χ2v) is 36.5. The molecule has 3 aliphatic rings. The molecule has 104 heavy (non-hydrogen) atoms. The molecule has 3 fully saturated rings. The van der Waals surface area contributed by atoms with E-state index in [-0.39, 0.29) is 126 Å². The number of carboxylic acids is 1. The van der Waals surface area contributed by atoms with Crippen molar-refractivity contribution in [3.8, 4) is 0 Å². The zero-order chi connectivity index (χ0) is 76.6. The molecule has 3 heterocycles. The van der Waals surface area contributed by atoms with Gasteiger partial charge in [-0.25, -0.2) is 14.6 Å². The van der Waals surface area contributed by atoms with Crippen LogP contribution in [0.15, 0.2) is 53.5 Å². The molecule has 0 spiro atoms. The summed E-state index contributed by atoms with van der Waals surface area (Å²) < 4.78 is 38.6. The topological polar surface area (TPSA) is 484 Å². The Hall–Kier alpha value is -5.77. The quantitative estimate of drug-likeness (QED) is 0.0257. The van der Waals surface area contributed by atoms with E-state index >= 15 is 0 Å². The van der Waals surface area contributed by atoms with Gasteiger partial charge in [0.25, 0.3) is 0 Å². The van der Waals surface area contributed by atoms with Crippen molar-refractivity contribution >= 4 is 123 Å². The van der Waals surface area contributed by atoms with Crippen molar-refractivity contribution in [1.82, 2.24) is 51.1 Å². The predicted octanol–water partition coefficient (Wildman–Crippen LogP) is 2.15. The Kier molecular flexibility index (Phi) is 38.6. The van der Waals surface area contributed by atoms with Crippen LogP contribution in [0.4, 0.5) is 4.79 Å². The molecule has 0 bridgehead atoms. The van der Waals surface area contributed by atoms with Crippen LogP contribution in [0.2, 0.25) is 0 Å². The second-order valence-electron chi connectivity index (χ2n) is 26.4. The Bertz CT molecular complexity index is 3350. The molecule has 15 N–H and O–H groups in total. The minimum Gasteiger partial charge on any atom is -0.480 e. The van der Waals surface area contributed by atoms with Gasteiger partial charge in [-0.1, -0.05) is 75.7 Å². The molecule has 5 rings (SSSR count). The van der Waals surface area contributed by atoms with Crippen LogP contribution in [0.3, 0.4) is 0 Å². The number of aliphatic hydroxyl groups excluding tert-OH is 2. The van der Waals surface area contributed by atoms with Crippen LogP contribution in [-0.4, -0.2) is 271 Å². The fourth-order valence-corrected chi connectivity index (χ4v) is 18.2. The van der Waals surface area contributed by atoms with Gasteiger partial charge in [-0.15, -0.1) is 0 Å². The number of carbonyl (C=O) groups excluding carboxylic acids is 9. The number of unbranched alkanes of at least 4 members (excludes halogenated alkanes) is 1. The number of primary amides is 2. The molecule has 10 atom stereocenters. The summed E-state index contributed by atoms with van der Waals surface area (Å²) in [4.78, 5) is 176. The summed E-state index contributed by atoms with van der Waals surface area (Å²) in [5, 5.41) is 43.0. The molecule has 2 aromatic rings. The van der Waals surface area contributed by atoms with Crippen LogP contribution >= 0.6 is 57.4 Å². The number of aliphatic imine (C=N–C) groups is 1. The van der Waals surface area contributed by atoms with Crippen molar-refractivity contribution in [2.45, 2.75) is 139 Å². The van der Waals surface area contributed by atoms with E-state index < -0.39 is 130 Å². The summed E-state index contributed by atoms with van der Waals surface area (Å²) in [5.74, 6) is -6.19. The molecule has 3 saturated heterocycles. The van der Waals surface area contributed by atoms with E-state index in [0.29, 0.717) is 74.4 Å². The van der Waals surface area contributed by atoms with E-state index in [1.165, 1.54) is 51.3 Å². The zero-order valence-electron chi connectivity index (χ0n) is 59.5. The molecule has 0 aromatic heterocycles. The van der Waals surface area contributed by atoms with Gasteiger partial charge in [0.05, 0.1) is 24.8 Å². The molecule has 32 nitrogen and oxygen atoms in total. The van der Waals surface area contributed by atoms with Gasteiger partial charge in [0.2, 0.25) is 69.4 Å². The predicted molar refractivity (Wildman–Crippen MR) is 401 cm³/mol. The molecule has 2 aromatic carbocycles. The maximum atomic E-state index is 14.6. The van der Waals surface area contributed by atoms with E-state index in [1.54, 1.807) is 58.9 Å². The minimum absolute atomic E-state index is 0.0680. The molecule has 0 aliphatic carbocycles. The van der Waals surface area contributed by atoms with E-state index in [2.05, 4.69) is 31.6 Å². The summed E-state index contributed by atoms with van der Waals surface area (Å²) in [6.45, 7) is 7.54. The fraction of sp³-hybridized carbons (Fsp3) is 0.652. The summed E-state index contributed by atoms with van der Waals surface area (Å²) >= 11 is 4.03. The molecular weight excluding hydrogens is 1470 g/mol. The highest BCUT2D eigenvalue weighted by molar-refractivity contribution is 7.99. The number of hydrogen-bond acceptors (Lipinski definition) is 21. The number of carboxylic acid groups (broad SMARTS) is 1. The molecule has 38 heteroatoms. The second kappa shape index (κ2) is 45.1. The smallest absolute Gasteiger partial charge is 0.340 e. The zero-order valence-corrected chi connectivity index (χ0v) is 64.6. The lowest BCUT2D eigenvalue weighted by molar-refractivity contribution is -0.146. The summed E-state index contributed by atoms with van der Waals surface area (Å²) in [6, 6.07) is 8.13. The molecule has 0 radical (unpaired) electrons. The van der Waals surface area contributed by atoms with Gasteiger partial charge >= 0.3 is 12.0 Å². The number of likely N-dealkylation sites (tertiary alicyclic amines) is 2. The Morgan fingerprint density at radius 2 is 1.14 bits per heavy atom. The van der Waals surface area contributed by atoms with Gasteiger partial charge in [0.15, 0.2) is 0 Å². The molecule has 10 amide bonds. The first kappa shape index (κ1) is 88.9.